The van der Waals surface area contributed by atoms with Gasteiger partial charge in [-0.25, -0.2) is 8.42 Å². The summed E-state index contributed by atoms with van der Waals surface area (Å²) >= 11 is 0. The van der Waals surface area contributed by atoms with E-state index in [1.807, 2.05) is 24.3 Å². The van der Waals surface area contributed by atoms with Crippen molar-refractivity contribution in [1.29, 1.82) is 0 Å². The van der Waals surface area contributed by atoms with E-state index >= 15 is 0 Å². The summed E-state index contributed by atoms with van der Waals surface area (Å²) in [6.45, 7) is 2.34. The Bertz CT molecular complexity index is 1260. The van der Waals surface area contributed by atoms with Crippen molar-refractivity contribution >= 4 is 38.9 Å². The second-order valence-corrected chi connectivity index (χ2v) is 9.56. The molecule has 1 atom stereocenters. The van der Waals surface area contributed by atoms with Crippen LogP contribution in [-0.4, -0.2) is 26.8 Å². The minimum atomic E-state index is -3.81. The van der Waals surface area contributed by atoms with Gasteiger partial charge in [0.2, 0.25) is 11.8 Å². The number of carbonyl (C=O) groups is 2. The Hall–Kier alpha value is -3.65. The largest absolute Gasteiger partial charge is 0.324 e. The van der Waals surface area contributed by atoms with Gasteiger partial charge < -0.3 is 10.2 Å². The summed E-state index contributed by atoms with van der Waals surface area (Å²) in [6, 6.07) is 22.3. The maximum atomic E-state index is 13.0. The van der Waals surface area contributed by atoms with Crippen LogP contribution in [0.4, 0.5) is 17.1 Å². The smallest absolute Gasteiger partial charge is 0.261 e. The summed E-state index contributed by atoms with van der Waals surface area (Å²) in [5.41, 5.74) is 2.53. The van der Waals surface area contributed by atoms with Crippen LogP contribution in [0.2, 0.25) is 0 Å². The van der Waals surface area contributed by atoms with Crippen LogP contribution in [-0.2, 0) is 26.0 Å². The fourth-order valence-corrected chi connectivity index (χ4v) is 4.86. The maximum Gasteiger partial charge on any atom is 0.261 e. The molecule has 3 aromatic carbocycles. The van der Waals surface area contributed by atoms with Crippen LogP contribution in [0.3, 0.4) is 0 Å². The maximum absolute atomic E-state index is 13.0. The van der Waals surface area contributed by atoms with Crippen LogP contribution in [0.1, 0.15) is 18.9 Å². The quantitative estimate of drug-likeness (QED) is 0.553. The zero-order chi connectivity index (χ0) is 23.4. The topological polar surface area (TPSA) is 95.6 Å². The van der Waals surface area contributed by atoms with Crippen molar-refractivity contribution in [3.05, 3.63) is 84.4 Å². The van der Waals surface area contributed by atoms with E-state index in [9.17, 15) is 18.0 Å². The number of carbonyl (C=O) groups excluding carboxylic acids is 2. The summed E-state index contributed by atoms with van der Waals surface area (Å²) in [5, 5.41) is 2.79. The van der Waals surface area contributed by atoms with Crippen LogP contribution in [0.25, 0.3) is 0 Å². The van der Waals surface area contributed by atoms with E-state index in [0.717, 1.165) is 12.1 Å². The first kappa shape index (κ1) is 22.5. The van der Waals surface area contributed by atoms with Crippen molar-refractivity contribution in [1.82, 2.24) is 0 Å². The lowest BCUT2D eigenvalue weighted by atomic mass is 10.1. The molecule has 1 aliphatic rings. The number of sulfonamides is 1. The van der Waals surface area contributed by atoms with Crippen molar-refractivity contribution < 1.29 is 18.0 Å². The Kier molecular flexibility index (Phi) is 6.46. The fraction of sp³-hybridized carbons (Fsp3) is 0.200. The molecular weight excluding hydrogens is 438 g/mol. The van der Waals surface area contributed by atoms with Gasteiger partial charge in [0.25, 0.3) is 10.0 Å². The number of nitrogens with zero attached hydrogens (tertiary/aromatic N) is 1. The van der Waals surface area contributed by atoms with E-state index in [0.29, 0.717) is 5.69 Å². The van der Waals surface area contributed by atoms with Crippen LogP contribution in [0.15, 0.2) is 83.8 Å². The van der Waals surface area contributed by atoms with Crippen LogP contribution in [0.5, 0.6) is 0 Å². The Morgan fingerprint density at radius 2 is 1.58 bits per heavy atom. The molecule has 7 nitrogen and oxygen atoms in total. The standard InChI is InChI=1S/C25H25N3O4S/c1-2-18-12-14-20(15-13-18)28-17-19(16-24(28)29)25(30)26-22-10-6-7-11-23(22)27-33(31,32)21-8-4-3-5-9-21/h3-15,19,27H,2,16-17H2,1H3,(H,26,30). The lowest BCUT2D eigenvalue weighted by Crippen LogP contribution is -2.28. The molecule has 1 unspecified atom stereocenters. The molecule has 2 N–H and O–H groups in total. The van der Waals surface area contributed by atoms with E-state index in [2.05, 4.69) is 17.0 Å². The van der Waals surface area contributed by atoms with Crippen molar-refractivity contribution in [2.24, 2.45) is 5.92 Å². The van der Waals surface area contributed by atoms with E-state index in [-0.39, 0.29) is 35.4 Å². The normalized spacial score (nSPS) is 16.0. The fourth-order valence-electron chi connectivity index (χ4n) is 3.76. The van der Waals surface area contributed by atoms with Crippen molar-refractivity contribution in [2.45, 2.75) is 24.7 Å². The van der Waals surface area contributed by atoms with Gasteiger partial charge in [-0.15, -0.1) is 0 Å². The SMILES string of the molecule is CCc1ccc(N2CC(C(=O)Nc3ccccc3NS(=O)(=O)c3ccccc3)CC2=O)cc1. The van der Waals surface area contributed by atoms with Gasteiger partial charge in [0, 0.05) is 18.7 Å². The highest BCUT2D eigenvalue weighted by Gasteiger charge is 2.35. The summed E-state index contributed by atoms with van der Waals surface area (Å²) < 4.78 is 28.0. The molecule has 8 heteroatoms. The Morgan fingerprint density at radius 3 is 2.24 bits per heavy atom. The van der Waals surface area contributed by atoms with Gasteiger partial charge in [0.05, 0.1) is 22.2 Å². The molecule has 0 aliphatic carbocycles. The molecule has 33 heavy (non-hydrogen) atoms. The Balaban J connectivity index is 1.47. The molecule has 3 aromatic rings. The number of hydrogen-bond acceptors (Lipinski definition) is 4. The summed E-state index contributed by atoms with van der Waals surface area (Å²) in [4.78, 5) is 27.3. The molecule has 0 spiro atoms. The minimum Gasteiger partial charge on any atom is -0.324 e. The number of aryl methyl sites for hydroxylation is 1. The number of nitrogens with one attached hydrogen (secondary N) is 2. The molecule has 2 amide bonds. The third kappa shape index (κ3) is 5.06. The molecular formula is C25H25N3O4S. The predicted octanol–water partition coefficient (Wildman–Crippen LogP) is 4.04. The summed E-state index contributed by atoms with van der Waals surface area (Å²) in [6.07, 6.45) is 1.01. The number of hydrogen-bond donors (Lipinski definition) is 2. The molecule has 1 fully saturated rings. The number of para-hydroxylation sites is 2. The van der Waals surface area contributed by atoms with Gasteiger partial charge in [-0.3, -0.25) is 14.3 Å². The highest BCUT2D eigenvalue weighted by Crippen LogP contribution is 2.29. The van der Waals surface area contributed by atoms with Gasteiger partial charge in [-0.05, 0) is 48.4 Å². The Labute approximate surface area is 193 Å². The van der Waals surface area contributed by atoms with Crippen molar-refractivity contribution in [3.8, 4) is 0 Å². The lowest BCUT2D eigenvalue weighted by molar-refractivity contribution is -0.122. The van der Waals surface area contributed by atoms with Gasteiger partial charge in [-0.2, -0.15) is 0 Å². The second-order valence-electron chi connectivity index (χ2n) is 7.88. The highest BCUT2D eigenvalue weighted by atomic mass is 32.2. The van der Waals surface area contributed by atoms with Crippen molar-refractivity contribution in [2.75, 3.05) is 21.5 Å². The second kappa shape index (κ2) is 9.46. The minimum absolute atomic E-state index is 0.0965. The zero-order valence-corrected chi connectivity index (χ0v) is 19.0. The van der Waals surface area contributed by atoms with Gasteiger partial charge >= 0.3 is 0 Å². The van der Waals surface area contributed by atoms with Crippen LogP contribution in [0, 0.1) is 5.92 Å². The summed E-state index contributed by atoms with van der Waals surface area (Å²) in [5.74, 6) is -0.984. The van der Waals surface area contributed by atoms with Crippen molar-refractivity contribution in [3.63, 3.8) is 0 Å². The van der Waals surface area contributed by atoms with E-state index < -0.39 is 15.9 Å². The molecule has 0 radical (unpaired) electrons. The molecule has 0 bridgehead atoms. The van der Waals surface area contributed by atoms with Gasteiger partial charge in [-0.1, -0.05) is 49.4 Å². The average molecular weight is 464 g/mol. The van der Waals surface area contributed by atoms with Gasteiger partial charge in [0.15, 0.2) is 0 Å². The number of benzene rings is 3. The molecule has 4 rings (SSSR count). The molecule has 0 aromatic heterocycles. The number of amides is 2. The first-order chi connectivity index (χ1) is 15.9. The van der Waals surface area contributed by atoms with Crippen LogP contribution >= 0.6 is 0 Å². The molecule has 1 saturated heterocycles. The summed E-state index contributed by atoms with van der Waals surface area (Å²) in [7, 11) is -3.81. The first-order valence-electron chi connectivity index (χ1n) is 10.7. The zero-order valence-electron chi connectivity index (χ0n) is 18.2. The predicted molar refractivity (Wildman–Crippen MR) is 129 cm³/mol. The third-order valence-corrected chi connectivity index (χ3v) is 7.02. The molecule has 1 aliphatic heterocycles. The monoisotopic (exact) mass is 463 g/mol. The number of anilines is 3. The van der Waals surface area contributed by atoms with Crippen LogP contribution < -0.4 is 14.9 Å². The first-order valence-corrected chi connectivity index (χ1v) is 12.2. The van der Waals surface area contributed by atoms with Gasteiger partial charge in [0.1, 0.15) is 0 Å². The third-order valence-electron chi connectivity index (χ3n) is 5.63. The van der Waals surface area contributed by atoms with E-state index in [4.69, 9.17) is 0 Å². The lowest BCUT2D eigenvalue weighted by Gasteiger charge is -2.18. The van der Waals surface area contributed by atoms with E-state index in [1.54, 1.807) is 47.4 Å². The Morgan fingerprint density at radius 1 is 0.939 bits per heavy atom. The van der Waals surface area contributed by atoms with E-state index in [1.165, 1.54) is 17.7 Å². The average Bonchev–Trinajstić information content (AvgIpc) is 3.22. The molecule has 1 heterocycles. The number of rotatable bonds is 7. The molecule has 0 saturated carbocycles. The highest BCUT2D eigenvalue weighted by molar-refractivity contribution is 7.92. The molecule has 170 valence electrons.